The Balaban J connectivity index is 2.31. The highest BCUT2D eigenvalue weighted by Gasteiger charge is 2.32. The lowest BCUT2D eigenvalue weighted by Crippen LogP contribution is -2.50. The Morgan fingerprint density at radius 2 is 2.20 bits per heavy atom. The lowest BCUT2D eigenvalue weighted by molar-refractivity contribution is -0.155. The highest BCUT2D eigenvalue weighted by Crippen LogP contribution is 2.21. The van der Waals surface area contributed by atoms with Crippen molar-refractivity contribution in [3.05, 3.63) is 0 Å². The predicted octanol–water partition coefficient (Wildman–Crippen LogP) is -0.268. The van der Waals surface area contributed by atoms with Crippen molar-refractivity contribution in [2.45, 2.75) is 18.7 Å². The number of nitrogens with zero attached hydrogens (tertiary/aromatic N) is 1. The molecule has 0 radical (unpaired) electrons. The zero-order valence-corrected chi connectivity index (χ0v) is 8.05. The number of nitrogens with one attached hydrogen (secondary N) is 1. The van der Waals surface area contributed by atoms with Crippen LogP contribution >= 0.6 is 0 Å². The van der Waals surface area contributed by atoms with E-state index in [0.717, 1.165) is 0 Å². The Morgan fingerprint density at radius 1 is 1.53 bits per heavy atom. The first-order chi connectivity index (χ1) is 6.87. The van der Waals surface area contributed by atoms with Crippen molar-refractivity contribution in [1.29, 1.82) is 0 Å². The number of aliphatic hydroxyl groups excluding tert-OH is 1. The van der Waals surface area contributed by atoms with Gasteiger partial charge in [0.1, 0.15) is 0 Å². The lowest BCUT2D eigenvalue weighted by Gasteiger charge is -2.28. The molecule has 1 heterocycles. The maximum absolute atomic E-state index is 11.9. The summed E-state index contributed by atoms with van der Waals surface area (Å²) in [5, 5.41) is 11.7. The topological polar surface area (TPSA) is 52.6 Å². The summed E-state index contributed by atoms with van der Waals surface area (Å²) in [4.78, 5) is 12.4. The molecule has 7 heteroatoms. The second-order valence-electron chi connectivity index (χ2n) is 3.56. The van der Waals surface area contributed by atoms with Crippen LogP contribution in [-0.4, -0.2) is 54.4 Å². The van der Waals surface area contributed by atoms with Gasteiger partial charge in [0.25, 0.3) is 0 Å². The van der Waals surface area contributed by atoms with Crippen LogP contribution in [0.1, 0.15) is 6.42 Å². The average molecular weight is 226 g/mol. The summed E-state index contributed by atoms with van der Waals surface area (Å²) in [6.45, 7) is 0.820. The van der Waals surface area contributed by atoms with Gasteiger partial charge >= 0.3 is 6.18 Å². The first-order valence-electron chi connectivity index (χ1n) is 4.61. The average Bonchev–Trinajstić information content (AvgIpc) is 1.99. The Bertz CT molecular complexity index is 232. The molecule has 1 aliphatic rings. The van der Waals surface area contributed by atoms with E-state index in [1.807, 2.05) is 0 Å². The van der Waals surface area contributed by atoms with Crippen molar-refractivity contribution in [1.82, 2.24) is 10.2 Å². The molecule has 1 saturated heterocycles. The van der Waals surface area contributed by atoms with Crippen molar-refractivity contribution in [3.8, 4) is 0 Å². The highest BCUT2D eigenvalue weighted by atomic mass is 19.4. The van der Waals surface area contributed by atoms with E-state index in [2.05, 4.69) is 5.32 Å². The molecule has 1 fully saturated rings. The maximum Gasteiger partial charge on any atom is 0.391 e. The molecule has 0 aliphatic carbocycles. The van der Waals surface area contributed by atoms with Gasteiger partial charge in [0.15, 0.2) is 0 Å². The van der Waals surface area contributed by atoms with E-state index in [1.54, 1.807) is 0 Å². The first-order valence-corrected chi connectivity index (χ1v) is 4.61. The first kappa shape index (κ1) is 12.3. The van der Waals surface area contributed by atoms with Gasteiger partial charge in [-0.2, -0.15) is 13.2 Å². The van der Waals surface area contributed by atoms with Crippen LogP contribution in [0.3, 0.4) is 0 Å². The van der Waals surface area contributed by atoms with Crippen LogP contribution in [-0.2, 0) is 4.79 Å². The Morgan fingerprint density at radius 3 is 2.73 bits per heavy atom. The molecule has 0 bridgehead atoms. The number of carbonyl (C=O) groups excluding carboxylic acids is 1. The van der Waals surface area contributed by atoms with Gasteiger partial charge in [0.2, 0.25) is 5.91 Å². The quantitative estimate of drug-likeness (QED) is 0.696. The summed E-state index contributed by atoms with van der Waals surface area (Å²) in [5.74, 6) is -0.222. The third-order valence-corrected chi connectivity index (χ3v) is 2.05. The molecule has 88 valence electrons. The van der Waals surface area contributed by atoms with Crippen LogP contribution in [0.2, 0.25) is 0 Å². The predicted molar refractivity (Wildman–Crippen MR) is 46.1 cm³/mol. The van der Waals surface area contributed by atoms with E-state index in [1.165, 1.54) is 4.90 Å². The van der Waals surface area contributed by atoms with E-state index in [4.69, 9.17) is 5.11 Å². The molecule has 15 heavy (non-hydrogen) atoms. The van der Waals surface area contributed by atoms with E-state index in [0.29, 0.717) is 13.1 Å². The third kappa shape index (κ3) is 4.98. The molecule has 0 aromatic heterocycles. The second kappa shape index (κ2) is 4.80. The largest absolute Gasteiger partial charge is 0.391 e. The number of piperazine rings is 1. The molecular weight excluding hydrogens is 213 g/mol. The van der Waals surface area contributed by atoms with Crippen molar-refractivity contribution in [3.63, 3.8) is 0 Å². The van der Waals surface area contributed by atoms with E-state index in [-0.39, 0.29) is 19.0 Å². The van der Waals surface area contributed by atoms with Crippen LogP contribution in [0.15, 0.2) is 0 Å². The third-order valence-electron chi connectivity index (χ3n) is 2.05. The molecule has 0 aromatic rings. The van der Waals surface area contributed by atoms with Crippen molar-refractivity contribution < 1.29 is 23.1 Å². The molecular formula is C8H13F3N2O2. The zero-order valence-electron chi connectivity index (χ0n) is 8.05. The number of alkyl halides is 3. The normalized spacial score (nSPS) is 21.2. The van der Waals surface area contributed by atoms with Gasteiger partial charge in [-0.25, -0.2) is 0 Å². The smallest absolute Gasteiger partial charge is 0.391 e. The van der Waals surface area contributed by atoms with Crippen LogP contribution in [0, 0.1) is 0 Å². The molecule has 0 spiro atoms. The molecule has 1 amide bonds. The Labute approximate surface area is 85.1 Å². The van der Waals surface area contributed by atoms with E-state index < -0.39 is 18.7 Å². The van der Waals surface area contributed by atoms with Crippen molar-refractivity contribution in [2.75, 3.05) is 26.2 Å². The number of hydrogen-bond donors (Lipinski definition) is 2. The van der Waals surface area contributed by atoms with Gasteiger partial charge in [-0.05, 0) is 0 Å². The van der Waals surface area contributed by atoms with E-state index >= 15 is 0 Å². The van der Waals surface area contributed by atoms with Crippen LogP contribution in [0.5, 0.6) is 0 Å². The minimum absolute atomic E-state index is 0.0505. The molecule has 1 aliphatic heterocycles. The molecule has 1 rings (SSSR count). The number of carbonyl (C=O) groups is 1. The molecule has 0 saturated carbocycles. The minimum Gasteiger partial charge on any atom is -0.391 e. The van der Waals surface area contributed by atoms with Gasteiger partial charge in [0, 0.05) is 19.6 Å². The number of amides is 1. The van der Waals surface area contributed by atoms with Crippen molar-refractivity contribution in [2.24, 2.45) is 0 Å². The van der Waals surface area contributed by atoms with E-state index in [9.17, 15) is 18.0 Å². The standard InChI is InChI=1S/C8H13F3N2O2/c9-8(10,11)3-6(14)4-13-2-1-12-7(15)5-13/h6,14H,1-5H2,(H,12,15). The Hall–Kier alpha value is -0.820. The molecule has 1 atom stereocenters. The highest BCUT2D eigenvalue weighted by molar-refractivity contribution is 5.78. The fraction of sp³-hybridized carbons (Fsp3) is 0.875. The van der Waals surface area contributed by atoms with Gasteiger partial charge < -0.3 is 10.4 Å². The minimum atomic E-state index is -4.36. The second-order valence-corrected chi connectivity index (χ2v) is 3.56. The number of hydrogen-bond acceptors (Lipinski definition) is 3. The SMILES string of the molecule is O=C1CN(CC(O)CC(F)(F)F)CCN1. The number of rotatable bonds is 3. The zero-order chi connectivity index (χ0) is 11.5. The van der Waals surface area contributed by atoms with Gasteiger partial charge in [-0.15, -0.1) is 0 Å². The summed E-state index contributed by atoms with van der Waals surface area (Å²) in [6.07, 6.45) is -7.06. The molecule has 2 N–H and O–H groups in total. The van der Waals surface area contributed by atoms with Crippen LogP contribution in [0.25, 0.3) is 0 Å². The number of β-amino-alcohol motifs (C(OH)–C–C–N with tert-alkyl or cyclic N) is 1. The van der Waals surface area contributed by atoms with Crippen LogP contribution < -0.4 is 5.32 Å². The summed E-state index contributed by atoms with van der Waals surface area (Å²) < 4.78 is 35.6. The monoisotopic (exact) mass is 226 g/mol. The molecule has 1 unspecified atom stereocenters. The summed E-state index contributed by atoms with van der Waals surface area (Å²) in [7, 11) is 0. The van der Waals surface area contributed by atoms with Crippen molar-refractivity contribution >= 4 is 5.91 Å². The lowest BCUT2D eigenvalue weighted by atomic mass is 10.2. The number of halogens is 3. The molecule has 4 nitrogen and oxygen atoms in total. The number of aliphatic hydroxyl groups is 1. The fourth-order valence-corrected chi connectivity index (χ4v) is 1.48. The fourth-order valence-electron chi connectivity index (χ4n) is 1.48. The summed E-state index contributed by atoms with van der Waals surface area (Å²) >= 11 is 0. The molecule has 0 aromatic carbocycles. The Kier molecular flexibility index (Phi) is 3.92. The van der Waals surface area contributed by atoms with Gasteiger partial charge in [-0.1, -0.05) is 0 Å². The summed E-state index contributed by atoms with van der Waals surface area (Å²) in [6, 6.07) is 0. The summed E-state index contributed by atoms with van der Waals surface area (Å²) in [5.41, 5.74) is 0. The maximum atomic E-state index is 11.9. The van der Waals surface area contributed by atoms with Gasteiger partial charge in [-0.3, -0.25) is 9.69 Å². The van der Waals surface area contributed by atoms with Gasteiger partial charge in [0.05, 0.1) is 19.1 Å². The van der Waals surface area contributed by atoms with Crippen LogP contribution in [0.4, 0.5) is 13.2 Å².